The average Bonchev–Trinajstić information content (AvgIpc) is 2.29. The van der Waals surface area contributed by atoms with Gasteiger partial charge < -0.3 is 5.32 Å². The molecule has 6 heteroatoms. The molecule has 0 radical (unpaired) electrons. The van der Waals surface area contributed by atoms with Gasteiger partial charge in [0, 0.05) is 13.5 Å². The van der Waals surface area contributed by atoms with E-state index in [1.54, 1.807) is 6.07 Å². The molecule has 0 unspecified atom stereocenters. The van der Waals surface area contributed by atoms with E-state index in [0.717, 1.165) is 11.3 Å². The Labute approximate surface area is 105 Å². The molecule has 92 valence electrons. The van der Waals surface area contributed by atoms with Crippen LogP contribution in [0.3, 0.4) is 0 Å². The van der Waals surface area contributed by atoms with E-state index < -0.39 is 6.03 Å². The first-order valence-electron chi connectivity index (χ1n) is 5.26. The topological polar surface area (TPSA) is 62.3 Å². The first kappa shape index (κ1) is 13.4. The number of aromatic nitrogens is 1. The second-order valence-electron chi connectivity index (χ2n) is 3.43. The predicted molar refractivity (Wildman–Crippen MR) is 66.1 cm³/mol. The van der Waals surface area contributed by atoms with E-state index in [2.05, 4.69) is 10.3 Å². The Bertz CT molecular complexity index is 406. The van der Waals surface area contributed by atoms with Gasteiger partial charge in [-0.3, -0.25) is 4.79 Å². The number of hydrogen-bond acceptors (Lipinski definition) is 3. The zero-order chi connectivity index (χ0) is 12.8. The van der Waals surface area contributed by atoms with Gasteiger partial charge in [0.15, 0.2) is 0 Å². The maximum Gasteiger partial charge on any atom is 0.328 e. The predicted octanol–water partition coefficient (Wildman–Crippen LogP) is 2.21. The monoisotopic (exact) mass is 255 g/mol. The van der Waals surface area contributed by atoms with Gasteiger partial charge in [0.1, 0.15) is 5.15 Å². The number of carbonyl (C=O) groups is 2. The summed E-state index contributed by atoms with van der Waals surface area (Å²) in [6.45, 7) is 3.77. The van der Waals surface area contributed by atoms with Crippen LogP contribution in [0.1, 0.15) is 20.3 Å². The third kappa shape index (κ3) is 3.71. The van der Waals surface area contributed by atoms with Gasteiger partial charge in [-0.05, 0) is 18.6 Å². The number of anilines is 1. The molecule has 1 aromatic heterocycles. The van der Waals surface area contributed by atoms with Crippen LogP contribution in [0, 0.1) is 0 Å². The number of pyridine rings is 1. The van der Waals surface area contributed by atoms with Crippen LogP contribution in [0.4, 0.5) is 10.5 Å². The summed E-state index contributed by atoms with van der Waals surface area (Å²) < 4.78 is 0. The average molecular weight is 256 g/mol. The standard InChI is InChI=1S/C11H14ClN3O2/c1-3-6-13-11(17)15(8(2)16)9-4-5-10(12)14-7-9/h4-5,7H,3,6H2,1-2H3,(H,13,17). The largest absolute Gasteiger partial charge is 0.337 e. The highest BCUT2D eigenvalue weighted by atomic mass is 35.5. The highest BCUT2D eigenvalue weighted by Gasteiger charge is 2.19. The summed E-state index contributed by atoms with van der Waals surface area (Å²) in [5.41, 5.74) is 0.399. The second-order valence-corrected chi connectivity index (χ2v) is 3.81. The maximum atomic E-state index is 11.8. The summed E-state index contributed by atoms with van der Waals surface area (Å²) in [4.78, 5) is 28.1. The molecule has 17 heavy (non-hydrogen) atoms. The number of amides is 3. The normalized spacial score (nSPS) is 9.82. The Morgan fingerprint density at radius 2 is 2.18 bits per heavy atom. The molecule has 0 fully saturated rings. The molecule has 0 saturated carbocycles. The summed E-state index contributed by atoms with van der Waals surface area (Å²) in [5, 5.41) is 2.94. The van der Waals surface area contributed by atoms with Gasteiger partial charge >= 0.3 is 6.03 Å². The number of nitrogens with zero attached hydrogens (tertiary/aromatic N) is 2. The highest BCUT2D eigenvalue weighted by Crippen LogP contribution is 2.15. The first-order chi connectivity index (χ1) is 8.06. The molecule has 0 aromatic carbocycles. The molecular formula is C11H14ClN3O2. The number of imide groups is 1. The van der Waals surface area contributed by atoms with Crippen LogP contribution < -0.4 is 10.2 Å². The third-order valence-corrected chi connectivity index (χ3v) is 2.24. The number of carbonyl (C=O) groups excluding carboxylic acids is 2. The van der Waals surface area contributed by atoms with Gasteiger partial charge in [-0.15, -0.1) is 0 Å². The second kappa shape index (κ2) is 6.20. The SMILES string of the molecule is CCCNC(=O)N(C(C)=O)c1ccc(Cl)nc1. The maximum absolute atomic E-state index is 11.8. The lowest BCUT2D eigenvalue weighted by atomic mass is 10.3. The van der Waals surface area contributed by atoms with Crippen molar-refractivity contribution in [2.24, 2.45) is 0 Å². The van der Waals surface area contributed by atoms with Crippen molar-refractivity contribution < 1.29 is 9.59 Å². The zero-order valence-corrected chi connectivity index (χ0v) is 10.5. The molecule has 0 saturated heterocycles. The van der Waals surface area contributed by atoms with Crippen molar-refractivity contribution in [1.29, 1.82) is 0 Å². The lowest BCUT2D eigenvalue weighted by molar-refractivity contribution is -0.115. The van der Waals surface area contributed by atoms with Crippen molar-refractivity contribution in [3.8, 4) is 0 Å². The Morgan fingerprint density at radius 3 is 2.65 bits per heavy atom. The molecule has 1 heterocycles. The zero-order valence-electron chi connectivity index (χ0n) is 9.74. The quantitative estimate of drug-likeness (QED) is 0.843. The number of hydrogen-bond donors (Lipinski definition) is 1. The Kier molecular flexibility index (Phi) is 4.90. The lowest BCUT2D eigenvalue weighted by Gasteiger charge is -2.19. The van der Waals surface area contributed by atoms with Crippen molar-refractivity contribution in [2.75, 3.05) is 11.4 Å². The van der Waals surface area contributed by atoms with Gasteiger partial charge in [-0.1, -0.05) is 18.5 Å². The molecule has 1 aromatic rings. The van der Waals surface area contributed by atoms with Crippen molar-refractivity contribution >= 4 is 29.2 Å². The van der Waals surface area contributed by atoms with Crippen LogP contribution >= 0.6 is 11.6 Å². The molecule has 3 amide bonds. The Hall–Kier alpha value is -1.62. The fourth-order valence-electron chi connectivity index (χ4n) is 1.25. The van der Waals surface area contributed by atoms with Crippen molar-refractivity contribution in [1.82, 2.24) is 10.3 Å². The van der Waals surface area contributed by atoms with Gasteiger partial charge in [0.05, 0.1) is 11.9 Å². The molecule has 1 rings (SSSR count). The summed E-state index contributed by atoms with van der Waals surface area (Å²) in [6, 6.07) is 2.64. The molecule has 1 N–H and O–H groups in total. The summed E-state index contributed by atoms with van der Waals surface area (Å²) >= 11 is 5.64. The number of urea groups is 1. The molecular weight excluding hydrogens is 242 g/mol. The Balaban J connectivity index is 2.89. The molecule has 0 aliphatic carbocycles. The van der Waals surface area contributed by atoms with E-state index >= 15 is 0 Å². The summed E-state index contributed by atoms with van der Waals surface area (Å²) in [5.74, 6) is -0.372. The lowest BCUT2D eigenvalue weighted by Crippen LogP contribution is -2.43. The molecule has 0 spiro atoms. The Morgan fingerprint density at radius 1 is 1.47 bits per heavy atom. The summed E-state index contributed by atoms with van der Waals surface area (Å²) in [6.07, 6.45) is 2.19. The van der Waals surface area contributed by atoms with Crippen LogP contribution in [-0.2, 0) is 4.79 Å². The molecule has 0 aliphatic heterocycles. The van der Waals surface area contributed by atoms with E-state index in [4.69, 9.17) is 11.6 Å². The number of halogens is 1. The van der Waals surface area contributed by atoms with Crippen molar-refractivity contribution in [2.45, 2.75) is 20.3 Å². The van der Waals surface area contributed by atoms with Crippen LogP contribution in [0.25, 0.3) is 0 Å². The van der Waals surface area contributed by atoms with Gasteiger partial charge in [-0.25, -0.2) is 14.7 Å². The van der Waals surface area contributed by atoms with Gasteiger partial charge in [-0.2, -0.15) is 0 Å². The van der Waals surface area contributed by atoms with E-state index in [9.17, 15) is 9.59 Å². The van der Waals surface area contributed by atoms with Crippen LogP contribution in [0.2, 0.25) is 5.15 Å². The minimum Gasteiger partial charge on any atom is -0.337 e. The van der Waals surface area contributed by atoms with Crippen LogP contribution in [-0.4, -0.2) is 23.5 Å². The minimum atomic E-state index is -0.455. The van der Waals surface area contributed by atoms with Crippen LogP contribution in [0.5, 0.6) is 0 Å². The smallest absolute Gasteiger partial charge is 0.328 e. The fraction of sp³-hybridized carbons (Fsp3) is 0.364. The van der Waals surface area contributed by atoms with E-state index in [1.807, 2.05) is 6.92 Å². The van der Waals surface area contributed by atoms with E-state index in [0.29, 0.717) is 17.4 Å². The van der Waals surface area contributed by atoms with Crippen molar-refractivity contribution in [3.63, 3.8) is 0 Å². The van der Waals surface area contributed by atoms with Crippen molar-refractivity contribution in [3.05, 3.63) is 23.5 Å². The first-order valence-corrected chi connectivity index (χ1v) is 5.64. The molecule has 0 bridgehead atoms. The van der Waals surface area contributed by atoms with E-state index in [1.165, 1.54) is 19.2 Å². The molecule has 0 aliphatic rings. The third-order valence-electron chi connectivity index (χ3n) is 2.01. The highest BCUT2D eigenvalue weighted by molar-refractivity contribution is 6.29. The van der Waals surface area contributed by atoms with E-state index in [-0.39, 0.29) is 5.91 Å². The summed E-state index contributed by atoms with van der Waals surface area (Å²) in [7, 11) is 0. The number of nitrogens with one attached hydrogen (secondary N) is 1. The number of rotatable bonds is 3. The fourth-order valence-corrected chi connectivity index (χ4v) is 1.37. The molecule has 5 nitrogen and oxygen atoms in total. The minimum absolute atomic E-state index is 0.311. The van der Waals surface area contributed by atoms with Gasteiger partial charge in [0.2, 0.25) is 5.91 Å². The molecule has 0 atom stereocenters. The van der Waals surface area contributed by atoms with Crippen LogP contribution in [0.15, 0.2) is 18.3 Å². The van der Waals surface area contributed by atoms with Gasteiger partial charge in [0.25, 0.3) is 0 Å².